The van der Waals surface area contributed by atoms with Gasteiger partial charge in [0.2, 0.25) is 0 Å². The average molecular weight is 268 g/mol. The van der Waals surface area contributed by atoms with Crippen LogP contribution in [-0.4, -0.2) is 35.4 Å². The van der Waals surface area contributed by atoms with Crippen molar-refractivity contribution in [3.63, 3.8) is 0 Å². The maximum Gasteiger partial charge on any atom is 0.273 e. The summed E-state index contributed by atoms with van der Waals surface area (Å²) in [6.45, 7) is 6.80. The molecular weight excluding hydrogens is 244 g/mol. The largest absolute Gasteiger partial charge is 0.396 e. The molecule has 6 heteroatoms. The van der Waals surface area contributed by atoms with Crippen molar-refractivity contribution in [3.8, 4) is 0 Å². The quantitative estimate of drug-likeness (QED) is 0.664. The first kappa shape index (κ1) is 15.5. The zero-order chi connectivity index (χ0) is 14.1. The van der Waals surface area contributed by atoms with Gasteiger partial charge in [-0.1, -0.05) is 13.3 Å². The maximum atomic E-state index is 11.8. The lowest BCUT2D eigenvalue weighted by atomic mass is 10.3. The molecule has 0 radical (unpaired) electrons. The number of carbonyl (C=O) groups excluding carboxylic acids is 1. The zero-order valence-corrected chi connectivity index (χ0v) is 11.8. The molecule has 0 aliphatic heterocycles. The van der Waals surface area contributed by atoms with Gasteiger partial charge in [0.05, 0.1) is 5.69 Å². The summed E-state index contributed by atoms with van der Waals surface area (Å²) in [7, 11) is 0. The summed E-state index contributed by atoms with van der Waals surface area (Å²) in [5, 5.41) is 6.91. The number of aromatic nitrogens is 2. The van der Waals surface area contributed by atoms with Crippen molar-refractivity contribution in [2.24, 2.45) is 0 Å². The van der Waals surface area contributed by atoms with Gasteiger partial charge >= 0.3 is 0 Å². The number of rotatable bonds is 9. The predicted octanol–water partition coefficient (Wildman–Crippen LogP) is 1.42. The first-order chi connectivity index (χ1) is 9.19. The fourth-order valence-corrected chi connectivity index (χ4v) is 1.58. The number of ether oxygens (including phenoxy) is 1. The molecule has 1 aromatic rings. The second kappa shape index (κ2) is 8.53. The molecule has 6 nitrogen and oxygen atoms in total. The molecule has 0 bridgehead atoms. The number of amides is 1. The lowest BCUT2D eigenvalue weighted by Gasteiger charge is -2.05. The van der Waals surface area contributed by atoms with Crippen LogP contribution in [0.15, 0.2) is 6.20 Å². The fourth-order valence-electron chi connectivity index (χ4n) is 1.58. The van der Waals surface area contributed by atoms with Crippen molar-refractivity contribution in [3.05, 3.63) is 11.9 Å². The van der Waals surface area contributed by atoms with Crippen LogP contribution in [0.1, 0.15) is 43.6 Å². The minimum Gasteiger partial charge on any atom is -0.396 e. The highest BCUT2D eigenvalue weighted by atomic mass is 16.5. The molecule has 0 saturated heterocycles. The van der Waals surface area contributed by atoms with Crippen LogP contribution in [0.25, 0.3) is 0 Å². The lowest BCUT2D eigenvalue weighted by molar-refractivity contribution is 0.0935. The Bertz CT molecular complexity index is 390. The molecule has 1 aromatic heterocycles. The number of unbranched alkanes of at least 4 members (excludes halogenated alkanes) is 1. The number of nitrogens with two attached hydrogens (primary N) is 1. The number of hydrogen-bond donors (Lipinski definition) is 2. The molecule has 0 spiro atoms. The minimum absolute atomic E-state index is 0.224. The van der Waals surface area contributed by atoms with E-state index in [1.54, 1.807) is 10.9 Å². The number of nitrogens with zero attached hydrogens (tertiary/aromatic N) is 2. The van der Waals surface area contributed by atoms with Crippen LogP contribution in [0, 0.1) is 0 Å². The molecule has 19 heavy (non-hydrogen) atoms. The Hall–Kier alpha value is -1.56. The van der Waals surface area contributed by atoms with Crippen molar-refractivity contribution < 1.29 is 9.53 Å². The molecule has 0 atom stereocenters. The van der Waals surface area contributed by atoms with Crippen molar-refractivity contribution in [1.82, 2.24) is 15.1 Å². The SMILES string of the molecule is CCCCOCCCNC(=O)c1nn(CC)cc1N. The van der Waals surface area contributed by atoms with Crippen LogP contribution in [0.3, 0.4) is 0 Å². The molecule has 0 aliphatic carbocycles. The van der Waals surface area contributed by atoms with Crippen molar-refractivity contribution in [2.75, 3.05) is 25.5 Å². The molecule has 1 heterocycles. The second-order valence-electron chi connectivity index (χ2n) is 4.36. The van der Waals surface area contributed by atoms with E-state index in [4.69, 9.17) is 10.5 Å². The third-order valence-corrected chi connectivity index (χ3v) is 2.72. The summed E-state index contributed by atoms with van der Waals surface area (Å²) in [5.41, 5.74) is 6.45. The molecule has 1 rings (SSSR count). The third-order valence-electron chi connectivity index (χ3n) is 2.72. The predicted molar refractivity (Wildman–Crippen MR) is 75.0 cm³/mol. The van der Waals surface area contributed by atoms with Gasteiger partial charge in [-0.25, -0.2) is 0 Å². The van der Waals surface area contributed by atoms with E-state index in [-0.39, 0.29) is 5.91 Å². The molecule has 0 aromatic carbocycles. The molecule has 0 fully saturated rings. The smallest absolute Gasteiger partial charge is 0.273 e. The molecule has 1 amide bonds. The Morgan fingerprint density at radius 1 is 1.42 bits per heavy atom. The van der Waals surface area contributed by atoms with Gasteiger partial charge in [-0.15, -0.1) is 0 Å². The van der Waals surface area contributed by atoms with E-state index in [1.165, 1.54) is 0 Å². The van der Waals surface area contributed by atoms with Crippen molar-refractivity contribution >= 4 is 11.6 Å². The summed E-state index contributed by atoms with van der Waals surface area (Å²) in [6.07, 6.45) is 4.68. The van der Waals surface area contributed by atoms with Crippen LogP contribution < -0.4 is 11.1 Å². The van der Waals surface area contributed by atoms with E-state index in [0.29, 0.717) is 31.1 Å². The first-order valence-corrected chi connectivity index (χ1v) is 6.87. The van der Waals surface area contributed by atoms with E-state index in [9.17, 15) is 4.79 Å². The zero-order valence-electron chi connectivity index (χ0n) is 11.8. The van der Waals surface area contributed by atoms with Gasteiger partial charge in [-0.05, 0) is 19.8 Å². The number of anilines is 1. The summed E-state index contributed by atoms with van der Waals surface area (Å²) in [6, 6.07) is 0. The third kappa shape index (κ3) is 5.30. The lowest BCUT2D eigenvalue weighted by Crippen LogP contribution is -2.26. The summed E-state index contributed by atoms with van der Waals surface area (Å²) in [4.78, 5) is 11.8. The molecular formula is C13H24N4O2. The normalized spacial score (nSPS) is 10.6. The van der Waals surface area contributed by atoms with Gasteiger partial charge in [0, 0.05) is 32.5 Å². The van der Waals surface area contributed by atoms with Gasteiger partial charge in [-0.3, -0.25) is 9.48 Å². The standard InChI is InChI=1S/C13H24N4O2/c1-3-5-8-19-9-6-7-15-13(18)12-11(14)10-17(4-2)16-12/h10H,3-9,14H2,1-2H3,(H,15,18). The molecule has 0 saturated carbocycles. The van der Waals surface area contributed by atoms with Gasteiger partial charge < -0.3 is 15.8 Å². The van der Waals surface area contributed by atoms with Crippen LogP contribution in [-0.2, 0) is 11.3 Å². The Kier molecular flexibility index (Phi) is 6.95. The van der Waals surface area contributed by atoms with E-state index in [2.05, 4.69) is 17.3 Å². The van der Waals surface area contributed by atoms with E-state index >= 15 is 0 Å². The Balaban J connectivity index is 2.22. The minimum atomic E-state index is -0.224. The second-order valence-corrected chi connectivity index (χ2v) is 4.36. The fraction of sp³-hybridized carbons (Fsp3) is 0.692. The highest BCUT2D eigenvalue weighted by Crippen LogP contribution is 2.08. The number of carbonyl (C=O) groups is 1. The number of nitrogen functional groups attached to an aromatic ring is 1. The van der Waals surface area contributed by atoms with Gasteiger partial charge in [0.25, 0.3) is 5.91 Å². The van der Waals surface area contributed by atoms with Crippen molar-refractivity contribution in [2.45, 2.75) is 39.7 Å². The summed E-state index contributed by atoms with van der Waals surface area (Å²) in [5.74, 6) is -0.224. The monoisotopic (exact) mass is 268 g/mol. The van der Waals surface area contributed by atoms with Crippen LogP contribution in [0.4, 0.5) is 5.69 Å². The molecule has 108 valence electrons. The molecule has 3 N–H and O–H groups in total. The van der Waals surface area contributed by atoms with Crippen LogP contribution in [0.5, 0.6) is 0 Å². The maximum absolute atomic E-state index is 11.8. The Morgan fingerprint density at radius 2 is 2.16 bits per heavy atom. The van der Waals surface area contributed by atoms with E-state index in [1.807, 2.05) is 6.92 Å². The van der Waals surface area contributed by atoms with Crippen molar-refractivity contribution in [1.29, 1.82) is 0 Å². The van der Waals surface area contributed by atoms with Crippen LogP contribution >= 0.6 is 0 Å². The van der Waals surface area contributed by atoms with Gasteiger partial charge in [0.1, 0.15) is 0 Å². The number of nitrogens with one attached hydrogen (secondary N) is 1. The van der Waals surface area contributed by atoms with E-state index < -0.39 is 0 Å². The first-order valence-electron chi connectivity index (χ1n) is 6.87. The number of hydrogen-bond acceptors (Lipinski definition) is 4. The topological polar surface area (TPSA) is 82.2 Å². The highest BCUT2D eigenvalue weighted by Gasteiger charge is 2.13. The molecule has 0 aliphatic rings. The van der Waals surface area contributed by atoms with Crippen LogP contribution in [0.2, 0.25) is 0 Å². The highest BCUT2D eigenvalue weighted by molar-refractivity contribution is 5.96. The Labute approximate surface area is 114 Å². The van der Waals surface area contributed by atoms with Gasteiger partial charge in [0.15, 0.2) is 5.69 Å². The van der Waals surface area contributed by atoms with E-state index in [0.717, 1.165) is 25.9 Å². The average Bonchev–Trinajstić information content (AvgIpc) is 2.79. The summed E-state index contributed by atoms with van der Waals surface area (Å²) < 4.78 is 7.06. The molecule has 0 unspecified atom stereocenters. The van der Waals surface area contributed by atoms with Gasteiger partial charge in [-0.2, -0.15) is 5.10 Å². The number of aryl methyl sites for hydroxylation is 1. The Morgan fingerprint density at radius 3 is 2.79 bits per heavy atom. The summed E-state index contributed by atoms with van der Waals surface area (Å²) >= 11 is 0.